The van der Waals surface area contributed by atoms with Crippen LogP contribution in [0.15, 0.2) is 48.5 Å². The van der Waals surface area contributed by atoms with Crippen LogP contribution in [-0.4, -0.2) is 57.6 Å². The number of rotatable bonds is 7. The lowest BCUT2D eigenvalue weighted by molar-refractivity contribution is -0.147. The van der Waals surface area contributed by atoms with Crippen molar-refractivity contribution in [2.45, 2.75) is 96.2 Å². The number of likely N-dealkylation sites (tertiary alicyclic amines) is 1. The maximum absolute atomic E-state index is 14.3. The summed E-state index contributed by atoms with van der Waals surface area (Å²) in [6.07, 6.45) is 2.24. The predicted octanol–water partition coefficient (Wildman–Crippen LogP) is 5.37. The molecule has 0 aromatic heterocycles. The molecule has 9 heteroatoms. The molecular weight excluding hydrogens is 546 g/mol. The van der Waals surface area contributed by atoms with Gasteiger partial charge in [0.1, 0.15) is 11.1 Å². The van der Waals surface area contributed by atoms with E-state index < -0.39 is 40.9 Å². The Labute approximate surface area is 254 Å². The van der Waals surface area contributed by atoms with Gasteiger partial charge in [-0.25, -0.2) is 9.59 Å². The smallest absolute Gasteiger partial charge is 0.407 e. The summed E-state index contributed by atoms with van der Waals surface area (Å²) >= 11 is 0. The van der Waals surface area contributed by atoms with E-state index in [-0.39, 0.29) is 35.9 Å². The molecule has 4 rings (SSSR count). The normalized spacial score (nSPS) is 26.4. The van der Waals surface area contributed by atoms with Crippen molar-refractivity contribution in [2.75, 3.05) is 6.54 Å². The molecule has 0 bridgehead atoms. The zero-order valence-electron chi connectivity index (χ0n) is 26.1. The van der Waals surface area contributed by atoms with Gasteiger partial charge in [-0.15, -0.1) is 0 Å². The minimum atomic E-state index is -1.37. The van der Waals surface area contributed by atoms with Crippen molar-refractivity contribution < 1.29 is 29.0 Å². The Kier molecular flexibility index (Phi) is 9.23. The summed E-state index contributed by atoms with van der Waals surface area (Å²) in [5.74, 6) is -2.92. The number of carboxylic acids is 1. The van der Waals surface area contributed by atoms with Gasteiger partial charge in [0.2, 0.25) is 11.8 Å². The standard InChI is InChI=1S/C34H45N3O6/c1-20-11-10-14-25(30(39)40)27(20)26-19-37(34(6,31(35)41)28(26)23-12-8-7-9-13-23)29(38)24-17-15-22(16-18-24)21(2)36-32(42)43-33(3,4)5/h7-14,21-22,24,26,28H,15-19H2,1-6H3,(H2,35,41)(H,36,42)(H,39,40)/t21?,22?,24?,26?,28-,34+/m1/s1. The summed E-state index contributed by atoms with van der Waals surface area (Å²) in [6.45, 7) is 11.2. The fourth-order valence-electron chi connectivity index (χ4n) is 7.19. The lowest BCUT2D eigenvalue weighted by atomic mass is 9.71. The van der Waals surface area contributed by atoms with Gasteiger partial charge in [0, 0.05) is 30.3 Å². The molecule has 2 unspecified atom stereocenters. The average molecular weight is 592 g/mol. The fraction of sp³-hybridized carbons (Fsp3) is 0.529. The van der Waals surface area contributed by atoms with Crippen LogP contribution in [0.5, 0.6) is 0 Å². The van der Waals surface area contributed by atoms with Gasteiger partial charge in [0.05, 0.1) is 5.56 Å². The lowest BCUT2D eigenvalue weighted by Crippen LogP contribution is -2.58. The second-order valence-corrected chi connectivity index (χ2v) is 13.3. The number of primary amides is 1. The number of carbonyl (C=O) groups is 4. The van der Waals surface area contributed by atoms with Crippen LogP contribution in [0.4, 0.5) is 4.79 Å². The van der Waals surface area contributed by atoms with Crippen LogP contribution >= 0.6 is 0 Å². The van der Waals surface area contributed by atoms with Crippen LogP contribution in [0.25, 0.3) is 0 Å². The van der Waals surface area contributed by atoms with E-state index in [0.29, 0.717) is 18.4 Å². The number of nitrogens with two attached hydrogens (primary N) is 1. The molecule has 0 spiro atoms. The number of aromatic carboxylic acids is 1. The number of nitrogens with zero attached hydrogens (tertiary/aromatic N) is 1. The molecule has 43 heavy (non-hydrogen) atoms. The summed E-state index contributed by atoms with van der Waals surface area (Å²) in [5, 5.41) is 13.0. The van der Waals surface area contributed by atoms with Crippen molar-refractivity contribution in [1.29, 1.82) is 0 Å². The molecule has 2 aliphatic rings. The topological polar surface area (TPSA) is 139 Å². The number of hydrogen-bond donors (Lipinski definition) is 3. The van der Waals surface area contributed by atoms with E-state index >= 15 is 0 Å². The highest BCUT2D eigenvalue weighted by Crippen LogP contribution is 2.52. The molecule has 1 aliphatic heterocycles. The molecule has 2 aromatic rings. The third-order valence-electron chi connectivity index (χ3n) is 9.37. The second kappa shape index (κ2) is 12.4. The van der Waals surface area contributed by atoms with Crippen LogP contribution < -0.4 is 11.1 Å². The lowest BCUT2D eigenvalue weighted by Gasteiger charge is -2.40. The molecule has 0 radical (unpaired) electrons. The molecule has 3 amide bonds. The van der Waals surface area contributed by atoms with Gasteiger partial charge in [0.25, 0.3) is 0 Å². The highest BCUT2D eigenvalue weighted by molar-refractivity contribution is 5.94. The quantitative estimate of drug-likeness (QED) is 0.396. The first-order chi connectivity index (χ1) is 20.1. The molecule has 1 saturated carbocycles. The highest BCUT2D eigenvalue weighted by atomic mass is 16.6. The van der Waals surface area contributed by atoms with E-state index in [4.69, 9.17) is 10.5 Å². The van der Waals surface area contributed by atoms with Gasteiger partial charge < -0.3 is 25.8 Å². The number of carboxylic acid groups (broad SMARTS) is 1. The predicted molar refractivity (Wildman–Crippen MR) is 164 cm³/mol. The Morgan fingerprint density at radius 1 is 1.02 bits per heavy atom. The summed E-state index contributed by atoms with van der Waals surface area (Å²) in [4.78, 5) is 54.0. The summed E-state index contributed by atoms with van der Waals surface area (Å²) in [5.41, 5.74) is 6.59. The maximum atomic E-state index is 14.3. The van der Waals surface area contributed by atoms with Gasteiger partial charge in [-0.2, -0.15) is 0 Å². The van der Waals surface area contributed by atoms with Crippen LogP contribution in [0.3, 0.4) is 0 Å². The second-order valence-electron chi connectivity index (χ2n) is 13.3. The summed E-state index contributed by atoms with van der Waals surface area (Å²) in [6, 6.07) is 14.5. The Morgan fingerprint density at radius 3 is 2.21 bits per heavy atom. The molecular formula is C34H45N3O6. The van der Waals surface area contributed by atoms with Gasteiger partial charge in [-0.3, -0.25) is 9.59 Å². The molecule has 4 atom stereocenters. The Morgan fingerprint density at radius 2 is 1.65 bits per heavy atom. The first kappa shape index (κ1) is 32.0. The fourth-order valence-corrected chi connectivity index (χ4v) is 7.19. The molecule has 9 nitrogen and oxygen atoms in total. The third kappa shape index (κ3) is 6.55. The molecule has 1 saturated heterocycles. The van der Waals surface area contributed by atoms with Gasteiger partial charge in [-0.05, 0) is 95.9 Å². The first-order valence-electron chi connectivity index (χ1n) is 15.1. The number of benzene rings is 2. The number of ether oxygens (including phenoxy) is 1. The monoisotopic (exact) mass is 591 g/mol. The number of carbonyl (C=O) groups excluding carboxylic acids is 3. The van der Waals surface area contributed by atoms with Crippen LogP contribution in [0, 0.1) is 18.8 Å². The molecule has 4 N–H and O–H groups in total. The minimum absolute atomic E-state index is 0.115. The van der Waals surface area contributed by atoms with E-state index in [1.807, 2.05) is 71.0 Å². The van der Waals surface area contributed by atoms with E-state index in [0.717, 1.165) is 24.0 Å². The van der Waals surface area contributed by atoms with Crippen LogP contribution in [0.2, 0.25) is 0 Å². The zero-order valence-corrected chi connectivity index (χ0v) is 26.1. The highest BCUT2D eigenvalue weighted by Gasteiger charge is 2.58. The molecule has 2 aromatic carbocycles. The molecule has 232 valence electrons. The largest absolute Gasteiger partial charge is 0.478 e. The minimum Gasteiger partial charge on any atom is -0.478 e. The van der Waals surface area contributed by atoms with Crippen LogP contribution in [0.1, 0.15) is 99.2 Å². The molecule has 2 fully saturated rings. The van der Waals surface area contributed by atoms with E-state index in [9.17, 15) is 24.3 Å². The zero-order chi connectivity index (χ0) is 31.7. The molecule has 1 heterocycles. The summed E-state index contributed by atoms with van der Waals surface area (Å²) in [7, 11) is 0. The van der Waals surface area contributed by atoms with Crippen molar-refractivity contribution in [3.05, 3.63) is 70.8 Å². The molecule has 1 aliphatic carbocycles. The van der Waals surface area contributed by atoms with Gasteiger partial charge in [-0.1, -0.05) is 42.5 Å². The van der Waals surface area contributed by atoms with Gasteiger partial charge in [0.15, 0.2) is 0 Å². The van der Waals surface area contributed by atoms with E-state index in [1.165, 1.54) is 0 Å². The number of aryl methyl sites for hydroxylation is 1. The van der Waals surface area contributed by atoms with Crippen molar-refractivity contribution in [1.82, 2.24) is 10.2 Å². The number of alkyl carbamates (subject to hydrolysis) is 1. The van der Waals surface area contributed by atoms with Crippen molar-refractivity contribution in [3.63, 3.8) is 0 Å². The Balaban J connectivity index is 1.62. The van der Waals surface area contributed by atoms with Crippen molar-refractivity contribution >= 4 is 23.9 Å². The maximum Gasteiger partial charge on any atom is 0.407 e. The van der Waals surface area contributed by atoms with Crippen molar-refractivity contribution in [2.24, 2.45) is 17.6 Å². The van der Waals surface area contributed by atoms with Crippen LogP contribution in [-0.2, 0) is 14.3 Å². The Hall–Kier alpha value is -3.88. The average Bonchev–Trinajstić information content (AvgIpc) is 3.25. The third-order valence-corrected chi connectivity index (χ3v) is 9.37. The number of hydrogen-bond acceptors (Lipinski definition) is 5. The Bertz CT molecular complexity index is 1360. The van der Waals surface area contributed by atoms with Crippen molar-refractivity contribution in [3.8, 4) is 0 Å². The number of nitrogens with one attached hydrogen (secondary N) is 1. The summed E-state index contributed by atoms with van der Waals surface area (Å²) < 4.78 is 5.40. The SMILES string of the molecule is Cc1cccc(C(=O)O)c1C1CN(C(=O)C2CCC(C(C)NC(=O)OC(C)(C)C)CC2)[C@](C)(C(N)=O)[C@@H]1c1ccccc1. The number of amides is 3. The van der Waals surface area contributed by atoms with E-state index in [2.05, 4.69) is 5.32 Å². The van der Waals surface area contributed by atoms with E-state index in [1.54, 1.807) is 24.0 Å². The van der Waals surface area contributed by atoms with Gasteiger partial charge >= 0.3 is 12.1 Å². The first-order valence-corrected chi connectivity index (χ1v) is 15.1.